The highest BCUT2D eigenvalue weighted by molar-refractivity contribution is 7.17. The maximum atomic E-state index is 12.4. The van der Waals surface area contributed by atoms with Crippen molar-refractivity contribution in [2.24, 2.45) is 0 Å². The van der Waals surface area contributed by atoms with Crippen molar-refractivity contribution in [1.29, 1.82) is 0 Å². The summed E-state index contributed by atoms with van der Waals surface area (Å²) >= 11 is 2.45. The molecule has 0 bridgehead atoms. The number of hydrogen-bond donors (Lipinski definition) is 1. The van der Waals surface area contributed by atoms with Gasteiger partial charge in [-0.1, -0.05) is 11.3 Å². The van der Waals surface area contributed by atoms with Gasteiger partial charge in [-0.3, -0.25) is 24.9 Å². The van der Waals surface area contributed by atoms with Crippen LogP contribution in [0.5, 0.6) is 0 Å². The second-order valence-corrected chi connectivity index (χ2v) is 7.07. The van der Waals surface area contributed by atoms with Gasteiger partial charge in [0.05, 0.1) is 11.9 Å². The summed E-state index contributed by atoms with van der Waals surface area (Å²) in [7, 11) is 3.34. The number of hydrogen-bond acceptors (Lipinski definition) is 8. The fourth-order valence-corrected chi connectivity index (χ4v) is 3.66. The highest BCUT2D eigenvalue weighted by Gasteiger charge is 2.19. The summed E-state index contributed by atoms with van der Waals surface area (Å²) in [4.78, 5) is 43.0. The molecule has 1 N–H and O–H groups in total. The Morgan fingerprint density at radius 3 is 2.68 bits per heavy atom. The number of nitrogens with one attached hydrogen (secondary N) is 1. The van der Waals surface area contributed by atoms with Gasteiger partial charge in [0.2, 0.25) is 0 Å². The molecule has 0 atom stereocenters. The molecule has 25 heavy (non-hydrogen) atoms. The number of aromatic nitrogens is 4. The number of rotatable bonds is 4. The van der Waals surface area contributed by atoms with Gasteiger partial charge < -0.3 is 4.90 Å². The van der Waals surface area contributed by atoms with Crippen LogP contribution >= 0.6 is 22.7 Å². The van der Waals surface area contributed by atoms with Gasteiger partial charge in [-0.2, -0.15) is 0 Å². The van der Waals surface area contributed by atoms with Gasteiger partial charge in [-0.05, 0) is 6.92 Å². The fraction of sp³-hybridized carbons (Fsp3) is 0.200. The van der Waals surface area contributed by atoms with Crippen LogP contribution in [0.2, 0.25) is 0 Å². The van der Waals surface area contributed by atoms with Crippen LogP contribution in [0.1, 0.15) is 25.9 Å². The summed E-state index contributed by atoms with van der Waals surface area (Å²) in [5.74, 6) is -0.530. The molecule has 0 saturated carbocycles. The van der Waals surface area contributed by atoms with Crippen LogP contribution in [0.4, 0.5) is 5.13 Å². The van der Waals surface area contributed by atoms with E-state index in [9.17, 15) is 9.59 Å². The zero-order chi connectivity index (χ0) is 18.0. The molecule has 10 heteroatoms. The number of amides is 2. The van der Waals surface area contributed by atoms with Gasteiger partial charge in [0.1, 0.15) is 21.3 Å². The molecule has 0 saturated heterocycles. The molecule has 0 radical (unpaired) electrons. The number of carbonyl (C=O) groups excluding carboxylic acids is 2. The molecule has 0 aliphatic rings. The van der Waals surface area contributed by atoms with E-state index in [4.69, 9.17) is 0 Å². The van der Waals surface area contributed by atoms with Crippen molar-refractivity contribution in [3.05, 3.63) is 40.2 Å². The predicted molar refractivity (Wildman–Crippen MR) is 96.0 cm³/mol. The molecule has 2 amide bonds. The molecular weight excluding hydrogens is 360 g/mol. The van der Waals surface area contributed by atoms with Crippen LogP contribution in [0.15, 0.2) is 24.0 Å². The largest absolute Gasteiger partial charge is 0.344 e. The lowest BCUT2D eigenvalue weighted by Crippen LogP contribution is -2.21. The summed E-state index contributed by atoms with van der Waals surface area (Å²) in [6, 6.07) is 0. The lowest BCUT2D eigenvalue weighted by atomic mass is 10.3. The van der Waals surface area contributed by atoms with E-state index in [0.717, 1.165) is 11.3 Å². The lowest BCUT2D eigenvalue weighted by molar-refractivity contribution is 0.0831. The number of nitrogens with zero attached hydrogens (tertiary/aromatic N) is 5. The van der Waals surface area contributed by atoms with E-state index in [1.165, 1.54) is 16.2 Å². The van der Waals surface area contributed by atoms with E-state index in [0.29, 0.717) is 26.4 Å². The van der Waals surface area contributed by atoms with E-state index in [1.807, 2.05) is 0 Å². The minimum atomic E-state index is -0.385. The molecule has 128 valence electrons. The smallest absolute Gasteiger partial charge is 0.276 e. The topological polar surface area (TPSA) is 101 Å². The Morgan fingerprint density at radius 2 is 2.00 bits per heavy atom. The summed E-state index contributed by atoms with van der Waals surface area (Å²) in [5, 5.41) is 5.30. The Bertz CT molecular complexity index is 919. The van der Waals surface area contributed by atoms with Crippen molar-refractivity contribution in [2.45, 2.75) is 6.92 Å². The number of anilines is 1. The Labute approximate surface area is 151 Å². The third-order valence-electron chi connectivity index (χ3n) is 3.14. The van der Waals surface area contributed by atoms with Gasteiger partial charge in [0.15, 0.2) is 5.13 Å². The second kappa shape index (κ2) is 7.03. The minimum Gasteiger partial charge on any atom is -0.344 e. The van der Waals surface area contributed by atoms with Gasteiger partial charge in [0.25, 0.3) is 11.8 Å². The van der Waals surface area contributed by atoms with Crippen LogP contribution in [0.3, 0.4) is 0 Å². The predicted octanol–water partition coefficient (Wildman–Crippen LogP) is 2.32. The highest BCUT2D eigenvalue weighted by Crippen LogP contribution is 2.25. The first-order valence-electron chi connectivity index (χ1n) is 7.18. The molecule has 0 aliphatic heterocycles. The molecule has 0 spiro atoms. The van der Waals surface area contributed by atoms with E-state index in [-0.39, 0.29) is 17.5 Å². The molecule has 3 rings (SSSR count). The first-order chi connectivity index (χ1) is 12.0. The Morgan fingerprint density at radius 1 is 1.20 bits per heavy atom. The quantitative estimate of drug-likeness (QED) is 0.752. The molecular formula is C15H14N6O2S2. The Hall–Kier alpha value is -2.72. The maximum Gasteiger partial charge on any atom is 0.276 e. The average molecular weight is 374 g/mol. The van der Waals surface area contributed by atoms with Crippen LogP contribution in [0, 0.1) is 6.92 Å². The summed E-state index contributed by atoms with van der Waals surface area (Å²) < 4.78 is 0. The van der Waals surface area contributed by atoms with E-state index in [1.54, 1.807) is 45.0 Å². The first-order valence-corrected chi connectivity index (χ1v) is 8.87. The van der Waals surface area contributed by atoms with Crippen molar-refractivity contribution in [3.8, 4) is 10.7 Å². The lowest BCUT2D eigenvalue weighted by Gasteiger charge is -2.07. The SMILES string of the molecule is Cc1nc(NC(=O)c2csc(-c3cnccn3)n2)sc1C(=O)N(C)C. The maximum absolute atomic E-state index is 12.4. The van der Waals surface area contributed by atoms with Crippen LogP contribution in [-0.2, 0) is 0 Å². The normalized spacial score (nSPS) is 10.5. The van der Waals surface area contributed by atoms with E-state index in [2.05, 4.69) is 25.3 Å². The van der Waals surface area contributed by atoms with Crippen molar-refractivity contribution >= 4 is 39.6 Å². The molecule has 0 aromatic carbocycles. The van der Waals surface area contributed by atoms with Crippen LogP contribution < -0.4 is 5.32 Å². The molecule has 0 unspecified atom stereocenters. The third-order valence-corrected chi connectivity index (χ3v) is 5.06. The molecule has 0 fully saturated rings. The molecule has 0 aliphatic carbocycles. The molecule has 3 aromatic heterocycles. The summed E-state index contributed by atoms with van der Waals surface area (Å²) in [5.41, 5.74) is 1.45. The average Bonchev–Trinajstić information content (AvgIpc) is 3.22. The standard InChI is InChI=1S/C15H14N6O2S2/c1-8-11(14(23)21(2)3)25-15(18-8)20-12(22)10-7-24-13(19-10)9-6-16-4-5-17-9/h4-7H,1-3H3,(H,18,20,22). The van der Waals surface area contributed by atoms with Crippen molar-refractivity contribution in [1.82, 2.24) is 24.8 Å². The zero-order valence-electron chi connectivity index (χ0n) is 13.7. The summed E-state index contributed by atoms with van der Waals surface area (Å²) in [6.07, 6.45) is 4.73. The van der Waals surface area contributed by atoms with Gasteiger partial charge in [0, 0.05) is 31.9 Å². The second-order valence-electron chi connectivity index (χ2n) is 5.22. The zero-order valence-corrected chi connectivity index (χ0v) is 15.3. The van der Waals surface area contributed by atoms with Gasteiger partial charge in [-0.25, -0.2) is 9.97 Å². The van der Waals surface area contributed by atoms with Crippen LogP contribution in [-0.4, -0.2) is 50.7 Å². The first kappa shape index (κ1) is 17.1. The number of aryl methyl sites for hydroxylation is 1. The molecule has 3 aromatic rings. The van der Waals surface area contributed by atoms with Crippen LogP contribution in [0.25, 0.3) is 10.7 Å². The molecule has 3 heterocycles. The van der Waals surface area contributed by atoms with E-state index < -0.39 is 0 Å². The summed E-state index contributed by atoms with van der Waals surface area (Å²) in [6.45, 7) is 1.73. The number of thiazole rings is 2. The van der Waals surface area contributed by atoms with Crippen molar-refractivity contribution < 1.29 is 9.59 Å². The van der Waals surface area contributed by atoms with Gasteiger partial charge in [-0.15, -0.1) is 11.3 Å². The fourth-order valence-electron chi connectivity index (χ4n) is 1.92. The monoisotopic (exact) mass is 374 g/mol. The number of carbonyl (C=O) groups is 2. The van der Waals surface area contributed by atoms with E-state index >= 15 is 0 Å². The van der Waals surface area contributed by atoms with Crippen molar-refractivity contribution in [3.63, 3.8) is 0 Å². The van der Waals surface area contributed by atoms with Crippen molar-refractivity contribution in [2.75, 3.05) is 19.4 Å². The minimum absolute atomic E-state index is 0.144. The Kier molecular flexibility index (Phi) is 4.81. The molecule has 8 nitrogen and oxygen atoms in total. The Balaban J connectivity index is 1.76. The van der Waals surface area contributed by atoms with Gasteiger partial charge >= 0.3 is 0 Å². The highest BCUT2D eigenvalue weighted by atomic mass is 32.1. The third kappa shape index (κ3) is 3.69.